The number of pyridine rings is 1. The Morgan fingerprint density at radius 3 is 2.76 bits per heavy atom. The molecule has 3 aromatic heterocycles. The van der Waals surface area contributed by atoms with Crippen LogP contribution in [-0.2, 0) is 4.74 Å². The third-order valence-corrected chi connectivity index (χ3v) is 4.64. The summed E-state index contributed by atoms with van der Waals surface area (Å²) in [5.41, 5.74) is 4.03. The number of imidazole rings is 1. The highest BCUT2D eigenvalue weighted by molar-refractivity contribution is 5.94. The normalized spacial score (nSPS) is 15.1. The van der Waals surface area contributed by atoms with E-state index in [1.807, 2.05) is 43.0 Å². The van der Waals surface area contributed by atoms with E-state index in [1.165, 1.54) is 0 Å². The highest BCUT2D eigenvalue weighted by atomic mass is 16.5. The standard InChI is InChI=1S/C19H17N5O/c1-3-15(14-4-2-6-20-16(14)5-1)17-13-22-19-18(21-7-8-24(17)19)23-9-11-25-12-10-23/h1-8,13H,9-12H2. The molecule has 1 aromatic carbocycles. The number of morpholine rings is 1. The molecule has 25 heavy (non-hydrogen) atoms. The lowest BCUT2D eigenvalue weighted by atomic mass is 10.1. The molecule has 0 aliphatic carbocycles. The molecule has 0 bridgehead atoms. The Labute approximate surface area is 144 Å². The van der Waals surface area contributed by atoms with E-state index in [0.717, 1.165) is 59.9 Å². The Morgan fingerprint density at radius 2 is 1.84 bits per heavy atom. The summed E-state index contributed by atoms with van der Waals surface area (Å²) in [5, 5.41) is 1.12. The first-order valence-corrected chi connectivity index (χ1v) is 8.41. The van der Waals surface area contributed by atoms with Gasteiger partial charge in [0.15, 0.2) is 11.5 Å². The van der Waals surface area contributed by atoms with Crippen LogP contribution >= 0.6 is 0 Å². The highest BCUT2D eigenvalue weighted by Gasteiger charge is 2.18. The van der Waals surface area contributed by atoms with E-state index in [1.54, 1.807) is 0 Å². The van der Waals surface area contributed by atoms with Crippen LogP contribution in [0.15, 0.2) is 55.1 Å². The van der Waals surface area contributed by atoms with Gasteiger partial charge in [-0.2, -0.15) is 0 Å². The number of ether oxygens (including phenoxy) is 1. The molecule has 6 heteroatoms. The molecule has 1 fully saturated rings. The van der Waals surface area contributed by atoms with Gasteiger partial charge in [-0.15, -0.1) is 0 Å². The second kappa shape index (κ2) is 5.82. The number of hydrogen-bond acceptors (Lipinski definition) is 5. The molecule has 124 valence electrons. The number of aromatic nitrogens is 4. The van der Waals surface area contributed by atoms with Gasteiger partial charge < -0.3 is 9.64 Å². The Morgan fingerprint density at radius 1 is 0.920 bits per heavy atom. The Hall–Kier alpha value is -2.99. The number of fused-ring (bicyclic) bond motifs is 2. The molecule has 0 saturated carbocycles. The Bertz CT molecular complexity index is 1050. The molecule has 1 aliphatic heterocycles. The van der Waals surface area contributed by atoms with Crippen molar-refractivity contribution in [2.45, 2.75) is 0 Å². The number of benzene rings is 1. The van der Waals surface area contributed by atoms with Gasteiger partial charge in [0, 0.05) is 42.6 Å². The van der Waals surface area contributed by atoms with Crippen molar-refractivity contribution in [2.75, 3.05) is 31.2 Å². The molecule has 1 saturated heterocycles. The van der Waals surface area contributed by atoms with Gasteiger partial charge >= 0.3 is 0 Å². The molecule has 6 nitrogen and oxygen atoms in total. The number of nitrogens with zero attached hydrogens (tertiary/aromatic N) is 5. The van der Waals surface area contributed by atoms with Gasteiger partial charge in [-0.3, -0.25) is 9.38 Å². The number of anilines is 1. The summed E-state index contributed by atoms with van der Waals surface area (Å²) in [5.74, 6) is 0.912. The van der Waals surface area contributed by atoms with E-state index in [2.05, 4.69) is 36.4 Å². The second-order valence-corrected chi connectivity index (χ2v) is 6.06. The maximum atomic E-state index is 5.45. The summed E-state index contributed by atoms with van der Waals surface area (Å²) >= 11 is 0. The van der Waals surface area contributed by atoms with E-state index >= 15 is 0 Å². The molecule has 4 heterocycles. The van der Waals surface area contributed by atoms with Crippen molar-refractivity contribution in [3.05, 3.63) is 55.1 Å². The molecule has 1 aliphatic rings. The van der Waals surface area contributed by atoms with Gasteiger partial charge in [0.25, 0.3) is 0 Å². The zero-order valence-electron chi connectivity index (χ0n) is 13.7. The summed E-state index contributed by atoms with van der Waals surface area (Å²) < 4.78 is 7.56. The van der Waals surface area contributed by atoms with Crippen molar-refractivity contribution in [1.82, 2.24) is 19.4 Å². The number of hydrogen-bond donors (Lipinski definition) is 0. The van der Waals surface area contributed by atoms with Crippen LogP contribution < -0.4 is 4.90 Å². The quantitative estimate of drug-likeness (QED) is 0.565. The summed E-state index contributed by atoms with van der Waals surface area (Å²) in [6.45, 7) is 3.14. The average Bonchev–Trinajstić information content (AvgIpc) is 3.12. The lowest BCUT2D eigenvalue weighted by molar-refractivity contribution is 0.122. The lowest BCUT2D eigenvalue weighted by Crippen LogP contribution is -2.37. The number of rotatable bonds is 2. The van der Waals surface area contributed by atoms with Crippen LogP contribution in [0.3, 0.4) is 0 Å². The van der Waals surface area contributed by atoms with Crippen LogP contribution in [0.1, 0.15) is 0 Å². The zero-order valence-corrected chi connectivity index (χ0v) is 13.7. The fourth-order valence-corrected chi connectivity index (χ4v) is 3.43. The van der Waals surface area contributed by atoms with Crippen molar-refractivity contribution in [1.29, 1.82) is 0 Å². The molecular formula is C19H17N5O. The first kappa shape index (κ1) is 14.4. The molecule has 0 N–H and O–H groups in total. The smallest absolute Gasteiger partial charge is 0.180 e. The van der Waals surface area contributed by atoms with E-state index in [-0.39, 0.29) is 0 Å². The van der Waals surface area contributed by atoms with Gasteiger partial charge in [-0.25, -0.2) is 9.97 Å². The topological polar surface area (TPSA) is 55.5 Å². The molecular weight excluding hydrogens is 314 g/mol. The van der Waals surface area contributed by atoms with Crippen molar-refractivity contribution >= 4 is 22.4 Å². The van der Waals surface area contributed by atoms with Gasteiger partial charge in [0.05, 0.1) is 30.6 Å². The summed E-state index contributed by atoms with van der Waals surface area (Å²) in [7, 11) is 0. The van der Waals surface area contributed by atoms with Crippen molar-refractivity contribution < 1.29 is 4.74 Å². The third-order valence-electron chi connectivity index (χ3n) is 4.64. The fourth-order valence-electron chi connectivity index (χ4n) is 3.43. The Kier molecular flexibility index (Phi) is 3.34. The van der Waals surface area contributed by atoms with Crippen LogP contribution in [0, 0.1) is 0 Å². The molecule has 0 spiro atoms. The molecule has 0 atom stereocenters. The summed E-state index contributed by atoms with van der Waals surface area (Å²) in [6.07, 6.45) is 7.55. The highest BCUT2D eigenvalue weighted by Crippen LogP contribution is 2.30. The monoisotopic (exact) mass is 331 g/mol. The molecule has 0 unspecified atom stereocenters. The summed E-state index contributed by atoms with van der Waals surface area (Å²) in [4.78, 5) is 15.9. The zero-order chi connectivity index (χ0) is 16.6. The van der Waals surface area contributed by atoms with Crippen LogP contribution in [0.2, 0.25) is 0 Å². The molecule has 0 radical (unpaired) electrons. The van der Waals surface area contributed by atoms with Crippen LogP contribution in [0.4, 0.5) is 5.82 Å². The summed E-state index contributed by atoms with van der Waals surface area (Å²) in [6, 6.07) is 10.2. The first-order chi connectivity index (χ1) is 12.4. The van der Waals surface area contributed by atoms with E-state index < -0.39 is 0 Å². The van der Waals surface area contributed by atoms with Gasteiger partial charge in [0.2, 0.25) is 0 Å². The van der Waals surface area contributed by atoms with Gasteiger partial charge in [0.1, 0.15) is 0 Å². The van der Waals surface area contributed by atoms with Crippen LogP contribution in [0.5, 0.6) is 0 Å². The van der Waals surface area contributed by atoms with E-state index in [0.29, 0.717) is 0 Å². The van der Waals surface area contributed by atoms with Crippen LogP contribution in [0.25, 0.3) is 27.8 Å². The predicted octanol–water partition coefficient (Wildman–Crippen LogP) is 2.78. The lowest BCUT2D eigenvalue weighted by Gasteiger charge is -2.27. The molecule has 4 aromatic rings. The average molecular weight is 331 g/mol. The van der Waals surface area contributed by atoms with Crippen molar-refractivity contribution in [2.24, 2.45) is 0 Å². The minimum absolute atomic E-state index is 0.727. The van der Waals surface area contributed by atoms with Gasteiger partial charge in [-0.05, 0) is 12.1 Å². The minimum atomic E-state index is 0.727. The van der Waals surface area contributed by atoms with Crippen LogP contribution in [-0.4, -0.2) is 45.7 Å². The largest absolute Gasteiger partial charge is 0.378 e. The SMILES string of the molecule is c1cc(-c2cnc3c(N4CCOCC4)nccn23)c2cccnc2c1. The van der Waals surface area contributed by atoms with Crippen molar-refractivity contribution in [3.63, 3.8) is 0 Å². The molecule has 0 amide bonds. The van der Waals surface area contributed by atoms with Gasteiger partial charge in [-0.1, -0.05) is 18.2 Å². The maximum Gasteiger partial charge on any atom is 0.180 e. The minimum Gasteiger partial charge on any atom is -0.378 e. The first-order valence-electron chi connectivity index (χ1n) is 8.41. The fraction of sp³-hybridized carbons (Fsp3) is 0.211. The Balaban J connectivity index is 1.70. The third kappa shape index (κ3) is 2.34. The molecule has 5 rings (SSSR count). The second-order valence-electron chi connectivity index (χ2n) is 6.06. The van der Waals surface area contributed by atoms with E-state index in [4.69, 9.17) is 4.74 Å². The van der Waals surface area contributed by atoms with E-state index in [9.17, 15) is 0 Å². The van der Waals surface area contributed by atoms with Crippen molar-refractivity contribution in [3.8, 4) is 11.3 Å². The predicted molar refractivity (Wildman–Crippen MR) is 96.8 cm³/mol. The maximum absolute atomic E-state index is 5.45.